The Balaban J connectivity index is 1.93. The van der Waals surface area contributed by atoms with Crippen LogP contribution in [0.25, 0.3) is 0 Å². The van der Waals surface area contributed by atoms with Crippen molar-refractivity contribution in [1.82, 2.24) is 4.31 Å². The number of rotatable bonds is 4. The number of benzene rings is 1. The van der Waals surface area contributed by atoms with Gasteiger partial charge in [0.2, 0.25) is 10.0 Å². The van der Waals surface area contributed by atoms with Crippen LogP contribution < -0.4 is 0 Å². The molecule has 1 unspecified atom stereocenters. The van der Waals surface area contributed by atoms with Gasteiger partial charge < -0.3 is 0 Å². The highest BCUT2D eigenvalue weighted by atomic mass is 32.2. The first-order valence-corrected chi connectivity index (χ1v) is 9.43. The lowest BCUT2D eigenvalue weighted by Gasteiger charge is -2.31. The smallest absolute Gasteiger partial charge is 0.207 e. The topological polar surface area (TPSA) is 37.4 Å². The van der Waals surface area contributed by atoms with Gasteiger partial charge in [0, 0.05) is 6.54 Å². The SMILES string of the molecule is Cc1ccc(S(=O)(=O)N2CCCC2C(F)(F)C2=CCCC2)cc1. The van der Waals surface area contributed by atoms with E-state index < -0.39 is 22.0 Å². The molecule has 1 saturated heterocycles. The van der Waals surface area contributed by atoms with E-state index in [0.29, 0.717) is 19.3 Å². The maximum Gasteiger partial charge on any atom is 0.285 e. The largest absolute Gasteiger partial charge is 0.285 e. The molecule has 1 atom stereocenters. The van der Waals surface area contributed by atoms with Crippen LogP contribution in [-0.4, -0.2) is 31.2 Å². The molecule has 1 fully saturated rings. The van der Waals surface area contributed by atoms with Gasteiger partial charge in [0.1, 0.15) is 0 Å². The van der Waals surface area contributed by atoms with Crippen molar-refractivity contribution in [2.75, 3.05) is 6.54 Å². The number of nitrogens with zero attached hydrogens (tertiary/aromatic N) is 1. The number of hydrogen-bond acceptors (Lipinski definition) is 2. The Bertz CT molecular complexity index is 711. The number of halogens is 2. The van der Waals surface area contributed by atoms with Gasteiger partial charge in [-0.05, 0) is 56.7 Å². The van der Waals surface area contributed by atoms with Crippen LogP contribution in [-0.2, 0) is 10.0 Å². The van der Waals surface area contributed by atoms with E-state index in [1.807, 2.05) is 6.92 Å². The van der Waals surface area contributed by atoms with E-state index in [4.69, 9.17) is 0 Å². The average molecular weight is 341 g/mol. The van der Waals surface area contributed by atoms with Crippen molar-refractivity contribution in [1.29, 1.82) is 0 Å². The molecule has 1 heterocycles. The van der Waals surface area contributed by atoms with Crippen molar-refractivity contribution < 1.29 is 17.2 Å². The van der Waals surface area contributed by atoms with E-state index in [1.54, 1.807) is 18.2 Å². The van der Waals surface area contributed by atoms with Crippen LogP contribution in [0, 0.1) is 6.92 Å². The second-order valence-electron chi connectivity index (χ2n) is 6.33. The van der Waals surface area contributed by atoms with Crippen molar-refractivity contribution in [3.05, 3.63) is 41.5 Å². The van der Waals surface area contributed by atoms with Gasteiger partial charge >= 0.3 is 0 Å². The molecule has 3 rings (SSSR count). The van der Waals surface area contributed by atoms with E-state index in [2.05, 4.69) is 0 Å². The molecule has 1 aromatic rings. The lowest BCUT2D eigenvalue weighted by atomic mass is 9.99. The molecule has 0 spiro atoms. The molecule has 0 bridgehead atoms. The van der Waals surface area contributed by atoms with Gasteiger partial charge in [0.25, 0.3) is 5.92 Å². The highest BCUT2D eigenvalue weighted by Crippen LogP contribution is 2.43. The van der Waals surface area contributed by atoms with Gasteiger partial charge in [-0.3, -0.25) is 0 Å². The first kappa shape index (κ1) is 16.6. The number of hydrogen-bond donors (Lipinski definition) is 0. The van der Waals surface area contributed by atoms with Crippen LogP contribution in [0.4, 0.5) is 8.78 Å². The third kappa shape index (κ3) is 2.94. The number of allylic oxidation sites excluding steroid dienone is 1. The highest BCUT2D eigenvalue weighted by molar-refractivity contribution is 7.89. The van der Waals surface area contributed by atoms with Crippen LogP contribution in [0.15, 0.2) is 40.8 Å². The van der Waals surface area contributed by atoms with Crippen LogP contribution in [0.1, 0.15) is 37.7 Å². The molecule has 0 N–H and O–H groups in total. The van der Waals surface area contributed by atoms with Crippen LogP contribution in [0.2, 0.25) is 0 Å². The monoisotopic (exact) mass is 341 g/mol. The molecule has 6 heteroatoms. The first-order valence-electron chi connectivity index (χ1n) is 7.99. The summed E-state index contributed by atoms with van der Waals surface area (Å²) in [7, 11) is -3.89. The molecule has 0 aromatic heterocycles. The quantitative estimate of drug-likeness (QED) is 0.779. The Morgan fingerprint density at radius 2 is 1.87 bits per heavy atom. The minimum atomic E-state index is -3.89. The Hall–Kier alpha value is -1.27. The molecule has 1 aliphatic carbocycles. The fourth-order valence-electron chi connectivity index (χ4n) is 3.42. The maximum atomic E-state index is 14.8. The Kier molecular flexibility index (Phi) is 4.31. The standard InChI is InChI=1S/C17H21F2NO2S/c1-13-8-10-15(11-9-13)23(21,22)20-12-4-7-16(20)17(18,19)14-5-2-3-6-14/h5,8-11,16H,2-4,6-7,12H2,1H3. The van der Waals surface area contributed by atoms with Crippen molar-refractivity contribution >= 4 is 10.0 Å². The summed E-state index contributed by atoms with van der Waals surface area (Å²) in [6.45, 7) is 2.01. The fraction of sp³-hybridized carbons (Fsp3) is 0.529. The second-order valence-corrected chi connectivity index (χ2v) is 8.22. The van der Waals surface area contributed by atoms with Crippen LogP contribution in [0.3, 0.4) is 0 Å². The molecular formula is C17H21F2NO2S. The lowest BCUT2D eigenvalue weighted by Crippen LogP contribution is -2.47. The molecule has 1 aliphatic heterocycles. The maximum absolute atomic E-state index is 14.8. The summed E-state index contributed by atoms with van der Waals surface area (Å²) in [5.74, 6) is -3.08. The van der Waals surface area contributed by atoms with Gasteiger partial charge in [-0.15, -0.1) is 0 Å². The summed E-state index contributed by atoms with van der Waals surface area (Å²) < 4.78 is 56.2. The van der Waals surface area contributed by atoms with Crippen molar-refractivity contribution in [3.8, 4) is 0 Å². The molecular weight excluding hydrogens is 320 g/mol. The van der Waals surface area contributed by atoms with E-state index in [1.165, 1.54) is 12.1 Å². The molecule has 3 nitrogen and oxygen atoms in total. The van der Waals surface area contributed by atoms with Gasteiger partial charge in [-0.2, -0.15) is 13.1 Å². The summed E-state index contributed by atoms with van der Waals surface area (Å²) in [6, 6.07) is 5.10. The predicted octanol–water partition coefficient (Wildman–Crippen LogP) is 3.89. The fourth-order valence-corrected chi connectivity index (χ4v) is 5.12. The molecule has 0 amide bonds. The highest BCUT2D eigenvalue weighted by Gasteiger charge is 2.52. The first-order chi connectivity index (χ1) is 10.8. The normalized spacial score (nSPS) is 23.3. The third-order valence-electron chi connectivity index (χ3n) is 4.72. The minimum Gasteiger partial charge on any atom is -0.207 e. The summed E-state index contributed by atoms with van der Waals surface area (Å²) in [6.07, 6.45) is 4.00. The molecule has 0 radical (unpaired) electrons. The summed E-state index contributed by atoms with van der Waals surface area (Å²) in [4.78, 5) is 0.0891. The van der Waals surface area contributed by atoms with Crippen LogP contribution in [0.5, 0.6) is 0 Å². The van der Waals surface area contributed by atoms with Gasteiger partial charge in [-0.1, -0.05) is 23.8 Å². The molecule has 1 aromatic carbocycles. The zero-order valence-electron chi connectivity index (χ0n) is 13.1. The minimum absolute atomic E-state index is 0.0891. The van der Waals surface area contributed by atoms with Crippen molar-refractivity contribution in [3.63, 3.8) is 0 Å². The molecule has 126 valence electrons. The summed E-state index contributed by atoms with van der Waals surface area (Å²) in [5.41, 5.74) is 1.04. The van der Waals surface area contributed by atoms with E-state index in [-0.39, 0.29) is 23.4 Å². The molecule has 2 aliphatic rings. The molecule has 0 saturated carbocycles. The van der Waals surface area contributed by atoms with Crippen molar-refractivity contribution in [2.24, 2.45) is 0 Å². The zero-order chi connectivity index (χ0) is 16.7. The Labute approximate surface area is 136 Å². The number of alkyl halides is 2. The van der Waals surface area contributed by atoms with Gasteiger partial charge in [0.15, 0.2) is 0 Å². The summed E-state index contributed by atoms with van der Waals surface area (Å²) >= 11 is 0. The van der Waals surface area contributed by atoms with Gasteiger partial charge in [-0.25, -0.2) is 8.42 Å². The second kappa shape index (κ2) is 5.98. The lowest BCUT2D eigenvalue weighted by molar-refractivity contribution is -0.0169. The predicted molar refractivity (Wildman–Crippen MR) is 85.0 cm³/mol. The van der Waals surface area contributed by atoms with Gasteiger partial charge in [0.05, 0.1) is 10.9 Å². The number of aryl methyl sites for hydroxylation is 1. The Morgan fingerprint density at radius 3 is 2.48 bits per heavy atom. The van der Waals surface area contributed by atoms with E-state index in [0.717, 1.165) is 16.3 Å². The Morgan fingerprint density at radius 1 is 1.17 bits per heavy atom. The molecule has 23 heavy (non-hydrogen) atoms. The third-order valence-corrected chi connectivity index (χ3v) is 6.64. The average Bonchev–Trinajstić information content (AvgIpc) is 3.20. The zero-order valence-corrected chi connectivity index (χ0v) is 14.0. The van der Waals surface area contributed by atoms with E-state index >= 15 is 0 Å². The number of sulfonamides is 1. The van der Waals surface area contributed by atoms with Crippen molar-refractivity contribution in [2.45, 2.75) is 55.9 Å². The van der Waals surface area contributed by atoms with E-state index in [9.17, 15) is 17.2 Å². The summed E-state index contributed by atoms with van der Waals surface area (Å²) in [5, 5.41) is 0. The van der Waals surface area contributed by atoms with Crippen LogP contribution >= 0.6 is 0 Å².